The number of rotatable bonds is 4. The van der Waals surface area contributed by atoms with E-state index in [9.17, 15) is 14.3 Å². The van der Waals surface area contributed by atoms with Crippen LogP contribution >= 0.6 is 0 Å². The Morgan fingerprint density at radius 3 is 2.35 bits per heavy atom. The third-order valence-corrected chi connectivity index (χ3v) is 7.99. The highest BCUT2D eigenvalue weighted by Gasteiger charge is 2.52. The fourth-order valence-corrected chi connectivity index (χ4v) is 6.65. The van der Waals surface area contributed by atoms with Crippen LogP contribution in [0.25, 0.3) is 10.9 Å². The summed E-state index contributed by atoms with van der Waals surface area (Å²) in [6, 6.07) is 15.2. The summed E-state index contributed by atoms with van der Waals surface area (Å²) in [6.45, 7) is 0. The first-order valence-electron chi connectivity index (χ1n) is 11.4. The van der Waals surface area contributed by atoms with Gasteiger partial charge < -0.3 is 15.0 Å². The molecule has 4 aliphatic rings. The van der Waals surface area contributed by atoms with Crippen molar-refractivity contribution in [1.82, 2.24) is 9.88 Å². The maximum Gasteiger partial charge on any atom is 0.224 e. The van der Waals surface area contributed by atoms with Gasteiger partial charge in [-0.25, -0.2) is 4.39 Å². The van der Waals surface area contributed by atoms with Crippen molar-refractivity contribution < 1.29 is 14.3 Å². The maximum absolute atomic E-state index is 13.7. The minimum absolute atomic E-state index is 0.132. The van der Waals surface area contributed by atoms with Crippen molar-refractivity contribution in [3.05, 3.63) is 71.7 Å². The van der Waals surface area contributed by atoms with E-state index in [1.807, 2.05) is 24.4 Å². The van der Waals surface area contributed by atoms with Crippen molar-refractivity contribution in [2.24, 2.45) is 11.8 Å². The normalized spacial score (nSPS) is 30.1. The molecule has 4 fully saturated rings. The smallest absolute Gasteiger partial charge is 0.224 e. The quantitative estimate of drug-likeness (QED) is 0.651. The Hall–Kier alpha value is -2.66. The van der Waals surface area contributed by atoms with Gasteiger partial charge in [0.2, 0.25) is 5.91 Å². The van der Waals surface area contributed by atoms with Crippen LogP contribution in [-0.4, -0.2) is 39.1 Å². The molecule has 0 spiro atoms. The van der Waals surface area contributed by atoms with Gasteiger partial charge in [0.1, 0.15) is 5.82 Å². The van der Waals surface area contributed by atoms with E-state index in [1.165, 1.54) is 12.1 Å². The number of benzene rings is 2. The molecular formula is C26H27FN2O2. The number of aliphatic hydroxyl groups excluding tert-OH is 1. The van der Waals surface area contributed by atoms with Crippen LogP contribution in [0.4, 0.5) is 4.39 Å². The number of aliphatic hydroxyl groups is 1. The van der Waals surface area contributed by atoms with Crippen LogP contribution in [0.5, 0.6) is 0 Å². The number of para-hydroxylation sites is 1. The molecule has 2 saturated carbocycles. The highest BCUT2D eigenvalue weighted by atomic mass is 19.1. The van der Waals surface area contributed by atoms with Crippen LogP contribution in [0.3, 0.4) is 0 Å². The maximum atomic E-state index is 13.7. The Kier molecular flexibility index (Phi) is 4.42. The van der Waals surface area contributed by atoms with E-state index in [0.717, 1.165) is 47.7 Å². The SMILES string of the molecule is O=C(CC(c1ccc(F)cc1)c1c[nH]c2ccccc12)N1C2CC3CC1CC(C2)C3O. The summed E-state index contributed by atoms with van der Waals surface area (Å²) in [5.74, 6) is 0.493. The second kappa shape index (κ2) is 7.20. The Labute approximate surface area is 181 Å². The van der Waals surface area contributed by atoms with E-state index in [0.29, 0.717) is 18.3 Å². The molecule has 0 radical (unpaired) electrons. The molecule has 2 N–H and O–H groups in total. The zero-order valence-electron chi connectivity index (χ0n) is 17.4. The summed E-state index contributed by atoms with van der Waals surface area (Å²) >= 11 is 0. The van der Waals surface area contributed by atoms with E-state index in [1.54, 1.807) is 12.1 Å². The first kappa shape index (κ1) is 19.1. The minimum Gasteiger partial charge on any atom is -0.393 e. The van der Waals surface area contributed by atoms with Crippen molar-refractivity contribution in [2.75, 3.05) is 0 Å². The number of carbonyl (C=O) groups excluding carboxylic acids is 1. The number of nitrogens with one attached hydrogen (secondary N) is 1. The van der Waals surface area contributed by atoms with E-state index < -0.39 is 0 Å². The second-order valence-electron chi connectivity index (χ2n) is 9.66. The number of fused-ring (bicyclic) bond motifs is 1. The molecule has 2 aliphatic heterocycles. The molecule has 1 amide bonds. The third-order valence-electron chi connectivity index (χ3n) is 7.99. The summed E-state index contributed by atoms with van der Waals surface area (Å²) in [6.07, 6.45) is 5.89. The van der Waals surface area contributed by atoms with Gasteiger partial charge in [0.15, 0.2) is 0 Å². The Balaban J connectivity index is 1.33. The molecule has 1 aromatic heterocycles. The van der Waals surface area contributed by atoms with Crippen LogP contribution < -0.4 is 0 Å². The van der Waals surface area contributed by atoms with Gasteiger partial charge in [-0.05, 0) is 66.8 Å². The molecule has 2 aromatic carbocycles. The fraction of sp³-hybridized carbons (Fsp3) is 0.423. The van der Waals surface area contributed by atoms with E-state index in [-0.39, 0.29) is 35.8 Å². The first-order chi connectivity index (χ1) is 15.1. The molecule has 1 atom stereocenters. The zero-order valence-corrected chi connectivity index (χ0v) is 17.4. The Bertz CT molecular complexity index is 1090. The van der Waals surface area contributed by atoms with Gasteiger partial charge in [0.25, 0.3) is 0 Å². The lowest BCUT2D eigenvalue weighted by atomic mass is 9.61. The van der Waals surface area contributed by atoms with Crippen LogP contribution in [0.2, 0.25) is 0 Å². The number of H-pyrrole nitrogens is 1. The lowest BCUT2D eigenvalue weighted by Crippen LogP contribution is -2.64. The third kappa shape index (κ3) is 3.09. The molecule has 7 rings (SSSR count). The first-order valence-corrected chi connectivity index (χ1v) is 11.4. The number of carbonyl (C=O) groups is 1. The lowest BCUT2D eigenvalue weighted by molar-refractivity contribution is -0.163. The predicted octanol–water partition coefficient (Wildman–Crippen LogP) is 4.59. The van der Waals surface area contributed by atoms with Gasteiger partial charge in [-0.3, -0.25) is 4.79 Å². The van der Waals surface area contributed by atoms with Gasteiger partial charge >= 0.3 is 0 Å². The molecule has 1 unspecified atom stereocenters. The van der Waals surface area contributed by atoms with Crippen molar-refractivity contribution in [1.29, 1.82) is 0 Å². The number of aromatic amines is 1. The molecule has 5 heteroatoms. The molecule has 160 valence electrons. The number of hydrogen-bond donors (Lipinski definition) is 2. The molecule has 31 heavy (non-hydrogen) atoms. The molecule has 4 nitrogen and oxygen atoms in total. The zero-order chi connectivity index (χ0) is 21.1. The van der Waals surface area contributed by atoms with Crippen molar-refractivity contribution in [2.45, 2.75) is 56.2 Å². The van der Waals surface area contributed by atoms with Gasteiger partial charge in [-0.1, -0.05) is 30.3 Å². The topological polar surface area (TPSA) is 56.3 Å². The van der Waals surface area contributed by atoms with Crippen LogP contribution in [0, 0.1) is 17.7 Å². The highest BCUT2D eigenvalue weighted by molar-refractivity contribution is 5.86. The predicted molar refractivity (Wildman–Crippen MR) is 117 cm³/mol. The molecule has 2 saturated heterocycles. The molecular weight excluding hydrogens is 391 g/mol. The van der Waals surface area contributed by atoms with Crippen molar-refractivity contribution in [3.8, 4) is 0 Å². The molecule has 4 bridgehead atoms. The summed E-state index contributed by atoms with van der Waals surface area (Å²) < 4.78 is 13.6. The molecule has 3 aromatic rings. The molecule has 3 heterocycles. The average molecular weight is 419 g/mol. The van der Waals surface area contributed by atoms with Crippen molar-refractivity contribution in [3.63, 3.8) is 0 Å². The van der Waals surface area contributed by atoms with E-state index in [2.05, 4.69) is 16.0 Å². The summed E-state index contributed by atoms with van der Waals surface area (Å²) in [4.78, 5) is 19.2. The summed E-state index contributed by atoms with van der Waals surface area (Å²) in [7, 11) is 0. The highest BCUT2D eigenvalue weighted by Crippen LogP contribution is 2.50. The van der Waals surface area contributed by atoms with E-state index >= 15 is 0 Å². The van der Waals surface area contributed by atoms with Crippen LogP contribution in [0.15, 0.2) is 54.7 Å². The Morgan fingerprint density at radius 1 is 1.03 bits per heavy atom. The largest absolute Gasteiger partial charge is 0.393 e. The van der Waals surface area contributed by atoms with Crippen LogP contribution in [0.1, 0.15) is 49.1 Å². The summed E-state index contributed by atoms with van der Waals surface area (Å²) in [5, 5.41) is 11.6. The lowest BCUT2D eigenvalue weighted by Gasteiger charge is -2.58. The number of nitrogens with zero attached hydrogens (tertiary/aromatic N) is 1. The van der Waals surface area contributed by atoms with Gasteiger partial charge in [0.05, 0.1) is 6.10 Å². The Morgan fingerprint density at radius 2 is 1.68 bits per heavy atom. The number of amides is 1. The second-order valence-corrected chi connectivity index (χ2v) is 9.66. The molecule has 2 aliphatic carbocycles. The van der Waals surface area contributed by atoms with E-state index in [4.69, 9.17) is 0 Å². The number of piperidine rings is 2. The number of hydrogen-bond acceptors (Lipinski definition) is 2. The number of aromatic nitrogens is 1. The average Bonchev–Trinajstić information content (AvgIpc) is 3.19. The van der Waals surface area contributed by atoms with Gasteiger partial charge in [0, 0.05) is 41.5 Å². The van der Waals surface area contributed by atoms with Crippen LogP contribution in [-0.2, 0) is 4.79 Å². The summed E-state index contributed by atoms with van der Waals surface area (Å²) in [5.41, 5.74) is 3.08. The van der Waals surface area contributed by atoms with Crippen molar-refractivity contribution >= 4 is 16.8 Å². The van der Waals surface area contributed by atoms with Gasteiger partial charge in [-0.15, -0.1) is 0 Å². The van der Waals surface area contributed by atoms with Gasteiger partial charge in [-0.2, -0.15) is 0 Å². The fourth-order valence-electron chi connectivity index (χ4n) is 6.65. The minimum atomic E-state index is -0.268. The standard InChI is InChI=1S/C26H27FN2O2/c27-18-7-5-15(6-8-18)22(23-14-28-24-4-2-1-3-21(23)24)13-25(30)29-19-9-16-10-20(29)12-17(11-19)26(16)31/h1-8,14,16-17,19-20,22,26,28,31H,9-13H2. The monoisotopic (exact) mass is 418 g/mol. The number of halogens is 1.